The van der Waals surface area contributed by atoms with Gasteiger partial charge in [-0.05, 0) is 86.5 Å². The molecular formula is C36H55N8O6+. The Morgan fingerprint density at radius 2 is 1.72 bits per heavy atom. The maximum atomic E-state index is 12.9. The Morgan fingerprint density at radius 3 is 2.42 bits per heavy atom. The molecule has 50 heavy (non-hydrogen) atoms. The number of rotatable bonds is 13. The molecule has 0 bridgehead atoms. The van der Waals surface area contributed by atoms with Crippen LogP contribution in [0.2, 0.25) is 0 Å². The van der Waals surface area contributed by atoms with E-state index in [9.17, 15) is 14.4 Å². The first-order chi connectivity index (χ1) is 23.6. The van der Waals surface area contributed by atoms with Crippen LogP contribution in [0.4, 0.5) is 26.8 Å². The maximum absolute atomic E-state index is 12.9. The van der Waals surface area contributed by atoms with E-state index in [4.69, 9.17) is 14.2 Å². The van der Waals surface area contributed by atoms with Gasteiger partial charge in [-0.3, -0.25) is 4.98 Å². The Balaban J connectivity index is 1.47. The van der Waals surface area contributed by atoms with Gasteiger partial charge in [0.05, 0.1) is 11.9 Å². The number of nitrogens with one attached hydrogen (secondary N) is 5. The molecule has 3 aromatic rings. The van der Waals surface area contributed by atoms with Crippen molar-refractivity contribution in [2.45, 2.75) is 104 Å². The number of carbonyl (C=O) groups is 3. The van der Waals surface area contributed by atoms with Gasteiger partial charge >= 0.3 is 18.1 Å². The van der Waals surface area contributed by atoms with Crippen molar-refractivity contribution in [1.29, 1.82) is 0 Å². The summed E-state index contributed by atoms with van der Waals surface area (Å²) in [5, 5.41) is 10.2. The highest BCUT2D eigenvalue weighted by Gasteiger charge is 2.22. The largest absolute Gasteiger partial charge is 0.480 e. The molecular weight excluding hydrogens is 640 g/mol. The molecule has 1 aliphatic rings. The third-order valence-electron chi connectivity index (χ3n) is 7.98. The van der Waals surface area contributed by atoms with E-state index in [1.165, 1.54) is 6.42 Å². The lowest BCUT2D eigenvalue weighted by Gasteiger charge is -2.25. The summed E-state index contributed by atoms with van der Waals surface area (Å²) in [6.07, 6.45) is 9.29. The van der Waals surface area contributed by atoms with Crippen LogP contribution in [-0.2, 0) is 20.8 Å². The van der Waals surface area contributed by atoms with Crippen LogP contribution in [0.3, 0.4) is 0 Å². The van der Waals surface area contributed by atoms with Crippen LogP contribution in [0.25, 0.3) is 11.0 Å². The number of nitrogens with zero attached hydrogens (tertiary/aromatic N) is 3. The second-order valence-corrected chi connectivity index (χ2v) is 15.0. The number of aromatic nitrogens is 3. The molecule has 0 radical (unpaired) electrons. The Labute approximate surface area is 295 Å². The van der Waals surface area contributed by atoms with Gasteiger partial charge < -0.3 is 40.0 Å². The van der Waals surface area contributed by atoms with E-state index in [0.29, 0.717) is 36.0 Å². The van der Waals surface area contributed by atoms with Crippen molar-refractivity contribution in [1.82, 2.24) is 25.1 Å². The Kier molecular flexibility index (Phi) is 12.9. The maximum Gasteiger partial charge on any atom is 0.410 e. The van der Waals surface area contributed by atoms with Crippen molar-refractivity contribution in [3.8, 4) is 5.75 Å². The van der Waals surface area contributed by atoms with E-state index < -0.39 is 17.2 Å². The van der Waals surface area contributed by atoms with E-state index in [0.717, 1.165) is 55.2 Å². The number of anilines is 3. The van der Waals surface area contributed by atoms with Crippen LogP contribution in [-0.4, -0.2) is 88.9 Å². The van der Waals surface area contributed by atoms with Crippen LogP contribution >= 0.6 is 0 Å². The highest BCUT2D eigenvalue weighted by atomic mass is 16.6. The first-order valence-electron chi connectivity index (χ1n) is 17.4. The minimum Gasteiger partial charge on any atom is -0.480 e. The molecule has 0 unspecified atom stereocenters. The number of urea groups is 1. The number of carbonyl (C=O) groups excluding carboxylic acids is 3. The molecule has 0 aliphatic heterocycles. The van der Waals surface area contributed by atoms with Crippen molar-refractivity contribution in [2.24, 2.45) is 0 Å². The van der Waals surface area contributed by atoms with E-state index in [2.05, 4.69) is 35.8 Å². The molecule has 5 N–H and O–H groups in total. The Bertz CT molecular complexity index is 1610. The number of hydrogen-bond acceptors (Lipinski definition) is 9. The van der Waals surface area contributed by atoms with Gasteiger partial charge in [0.1, 0.15) is 22.3 Å². The van der Waals surface area contributed by atoms with Crippen LogP contribution in [0.15, 0.2) is 30.7 Å². The molecule has 2 heterocycles. The number of benzene rings is 1. The summed E-state index contributed by atoms with van der Waals surface area (Å²) < 4.78 is 16.8. The fourth-order valence-corrected chi connectivity index (χ4v) is 5.73. The zero-order valence-corrected chi connectivity index (χ0v) is 30.8. The first kappa shape index (κ1) is 38.2. The second kappa shape index (κ2) is 16.9. The third-order valence-corrected chi connectivity index (χ3v) is 7.98. The van der Waals surface area contributed by atoms with Crippen LogP contribution in [0.5, 0.6) is 5.75 Å². The van der Waals surface area contributed by atoms with Gasteiger partial charge in [0.15, 0.2) is 6.61 Å². The third kappa shape index (κ3) is 12.1. The van der Waals surface area contributed by atoms with Crippen LogP contribution < -0.4 is 25.7 Å². The van der Waals surface area contributed by atoms with Gasteiger partial charge in [0.25, 0.3) is 0 Å². The smallest absolute Gasteiger partial charge is 0.410 e. The number of ether oxygens (including phenoxy) is 3. The summed E-state index contributed by atoms with van der Waals surface area (Å²) in [6.45, 7) is 12.6. The number of hydrogen-bond donors (Lipinski definition) is 4. The van der Waals surface area contributed by atoms with Crippen molar-refractivity contribution in [3.63, 3.8) is 0 Å². The van der Waals surface area contributed by atoms with Crippen LogP contribution in [0.1, 0.15) is 85.6 Å². The van der Waals surface area contributed by atoms with Gasteiger partial charge in [0, 0.05) is 43.5 Å². The Hall–Kier alpha value is -4.59. The van der Waals surface area contributed by atoms with Gasteiger partial charge in [-0.2, -0.15) is 0 Å². The van der Waals surface area contributed by atoms with Gasteiger partial charge in [-0.15, -0.1) is 0 Å². The molecule has 3 amide bonds. The predicted octanol–water partition coefficient (Wildman–Crippen LogP) is 5.98. The lowest BCUT2D eigenvalue weighted by molar-refractivity contribution is -0.352. The first-order valence-corrected chi connectivity index (χ1v) is 17.4. The summed E-state index contributed by atoms with van der Waals surface area (Å²) >= 11 is 0. The van der Waals surface area contributed by atoms with E-state index in [-0.39, 0.29) is 24.8 Å². The SMILES string of the molecule is CN(CCCN(C)C(=O)OC(C)(C)C)Cc1c[nH]c2[nH+]cnc(Nc3ccc(NC(=O)NC4CCCCC4)c(OCC(=O)OC(C)(C)C)c3)c12. The lowest BCUT2D eigenvalue weighted by atomic mass is 9.96. The van der Waals surface area contributed by atoms with Crippen molar-refractivity contribution in [2.75, 3.05) is 44.4 Å². The normalized spacial score (nSPS) is 13.9. The molecule has 1 fully saturated rings. The molecule has 2 aromatic heterocycles. The van der Waals surface area contributed by atoms with E-state index in [1.807, 2.05) is 40.1 Å². The topological polar surface area (TPSA) is 164 Å². The molecule has 274 valence electrons. The molecule has 14 nitrogen and oxygen atoms in total. The zero-order chi connectivity index (χ0) is 36.5. The van der Waals surface area contributed by atoms with E-state index >= 15 is 0 Å². The molecule has 14 heteroatoms. The average Bonchev–Trinajstić information content (AvgIpc) is 3.43. The Morgan fingerprint density at radius 1 is 1.00 bits per heavy atom. The number of H-pyrrole nitrogens is 2. The molecule has 1 saturated carbocycles. The average molecular weight is 696 g/mol. The number of aromatic amines is 2. The predicted molar refractivity (Wildman–Crippen MR) is 193 cm³/mol. The highest BCUT2D eigenvalue weighted by Crippen LogP contribution is 2.32. The minimum atomic E-state index is -0.662. The number of esters is 1. The summed E-state index contributed by atoms with van der Waals surface area (Å²) in [5.41, 5.74) is 1.70. The molecule has 0 spiro atoms. The molecule has 0 atom stereocenters. The molecule has 1 aromatic carbocycles. The summed E-state index contributed by atoms with van der Waals surface area (Å²) in [6, 6.07) is 5.09. The van der Waals surface area contributed by atoms with Crippen molar-refractivity contribution >= 4 is 46.3 Å². The van der Waals surface area contributed by atoms with Crippen molar-refractivity contribution < 1.29 is 33.6 Å². The summed E-state index contributed by atoms with van der Waals surface area (Å²) in [7, 11) is 3.78. The van der Waals surface area contributed by atoms with Crippen LogP contribution in [0, 0.1) is 0 Å². The summed E-state index contributed by atoms with van der Waals surface area (Å²) in [4.78, 5) is 52.6. The monoisotopic (exact) mass is 695 g/mol. The standard InChI is InChI=1S/C36H54N8O6/c1-35(2,3)49-29(45)22-48-28-19-26(15-16-27(28)42-33(46)41-25-13-10-9-11-14-25)40-32-30-24(20-37-31(30)38-23-39-32)21-43(7)17-12-18-44(8)34(47)50-36(4,5)6/h15-16,19-20,23,25H,9-14,17-18,21-22H2,1-8H3,(H2,41,42,46)(H2,37,38,39,40)/p+1. The van der Waals surface area contributed by atoms with Gasteiger partial charge in [0.2, 0.25) is 17.8 Å². The van der Waals surface area contributed by atoms with Crippen molar-refractivity contribution in [3.05, 3.63) is 36.3 Å². The molecule has 1 aliphatic carbocycles. The number of fused-ring (bicyclic) bond motifs is 1. The van der Waals surface area contributed by atoms with E-state index in [1.54, 1.807) is 51.2 Å². The highest BCUT2D eigenvalue weighted by molar-refractivity contribution is 5.93. The second-order valence-electron chi connectivity index (χ2n) is 15.0. The quantitative estimate of drug-likeness (QED) is 0.157. The number of amides is 3. The molecule has 4 rings (SSSR count). The minimum absolute atomic E-state index is 0.132. The van der Waals surface area contributed by atoms with Gasteiger partial charge in [-0.25, -0.2) is 19.4 Å². The lowest BCUT2D eigenvalue weighted by Crippen LogP contribution is -2.39. The molecule has 0 saturated heterocycles. The van der Waals surface area contributed by atoms with Gasteiger partial charge in [-0.1, -0.05) is 24.2 Å². The fraction of sp³-hybridized carbons (Fsp3) is 0.583. The summed E-state index contributed by atoms with van der Waals surface area (Å²) in [5.74, 6) is 0.402. The zero-order valence-electron chi connectivity index (χ0n) is 30.8. The fourth-order valence-electron chi connectivity index (χ4n) is 5.73.